The van der Waals surface area contributed by atoms with E-state index in [0.717, 1.165) is 66.7 Å². The number of fused-ring (bicyclic) bond motifs is 5. The van der Waals surface area contributed by atoms with Crippen molar-refractivity contribution in [2.45, 2.75) is 64.6 Å². The number of rotatable bonds is 5. The third-order valence-electron chi connectivity index (χ3n) is 6.86. The number of hydrogen-bond donors (Lipinski definition) is 0. The molecule has 3 atom stereocenters. The molecule has 4 nitrogen and oxygen atoms in total. The number of allylic oxidation sites excluding steroid dienone is 3. The van der Waals surface area contributed by atoms with Gasteiger partial charge >= 0.3 is 5.97 Å². The van der Waals surface area contributed by atoms with Gasteiger partial charge in [0.15, 0.2) is 0 Å². The first-order valence-corrected chi connectivity index (χ1v) is 11.7. The summed E-state index contributed by atoms with van der Waals surface area (Å²) >= 11 is 0. The summed E-state index contributed by atoms with van der Waals surface area (Å²) in [5.74, 6) is 2.19. The lowest BCUT2D eigenvalue weighted by atomic mass is 9.73. The zero-order valence-corrected chi connectivity index (χ0v) is 18.9. The van der Waals surface area contributed by atoms with Gasteiger partial charge in [0, 0.05) is 23.0 Å². The molecule has 32 heavy (non-hydrogen) atoms. The van der Waals surface area contributed by atoms with Gasteiger partial charge in [0.25, 0.3) is 6.29 Å². The fourth-order valence-corrected chi connectivity index (χ4v) is 5.17. The van der Waals surface area contributed by atoms with Crippen LogP contribution >= 0.6 is 0 Å². The predicted octanol–water partition coefficient (Wildman–Crippen LogP) is 7.01. The van der Waals surface area contributed by atoms with Crippen molar-refractivity contribution in [3.05, 3.63) is 82.6 Å². The van der Waals surface area contributed by atoms with E-state index in [2.05, 4.69) is 26.5 Å². The Morgan fingerprint density at radius 1 is 1.12 bits per heavy atom. The minimum atomic E-state index is -0.761. The first kappa shape index (κ1) is 20.9. The molecule has 0 N–H and O–H groups in total. The summed E-state index contributed by atoms with van der Waals surface area (Å²) in [5, 5.41) is 0. The molecule has 4 heteroatoms. The number of carbonyl (C=O) groups is 1. The van der Waals surface area contributed by atoms with Crippen LogP contribution in [0.1, 0.15) is 85.2 Å². The van der Waals surface area contributed by atoms with Crippen LogP contribution < -0.4 is 9.47 Å². The quantitative estimate of drug-likeness (QED) is 0.291. The molecule has 1 aliphatic carbocycles. The molecule has 1 unspecified atom stereocenters. The van der Waals surface area contributed by atoms with Crippen LogP contribution in [0.3, 0.4) is 0 Å². The molecule has 5 rings (SSSR count). The average molecular weight is 431 g/mol. The third-order valence-corrected chi connectivity index (χ3v) is 6.86. The topological polar surface area (TPSA) is 44.8 Å². The van der Waals surface area contributed by atoms with E-state index in [4.69, 9.17) is 14.2 Å². The molecule has 166 valence electrons. The maximum absolute atomic E-state index is 13.3. The molecule has 2 heterocycles. The van der Waals surface area contributed by atoms with Gasteiger partial charge in [-0.15, -0.1) is 0 Å². The van der Waals surface area contributed by atoms with Crippen molar-refractivity contribution in [3.63, 3.8) is 0 Å². The number of ether oxygens (including phenoxy) is 3. The monoisotopic (exact) mass is 430 g/mol. The number of carbonyl (C=O) groups excluding carboxylic acids is 1. The number of hydrogen-bond acceptors (Lipinski definition) is 4. The Morgan fingerprint density at radius 2 is 1.94 bits per heavy atom. The van der Waals surface area contributed by atoms with Crippen molar-refractivity contribution >= 4 is 5.97 Å². The largest absolute Gasteiger partial charge is 0.462 e. The predicted molar refractivity (Wildman–Crippen MR) is 124 cm³/mol. The van der Waals surface area contributed by atoms with Gasteiger partial charge in [0.2, 0.25) is 0 Å². The number of unbranched alkanes of at least 4 members (excludes halogenated alkanes) is 2. The second-order valence-electron chi connectivity index (χ2n) is 9.13. The van der Waals surface area contributed by atoms with Gasteiger partial charge in [-0.3, -0.25) is 0 Å². The summed E-state index contributed by atoms with van der Waals surface area (Å²) in [4.78, 5) is 13.3. The number of cyclic esters (lactones) is 1. The second kappa shape index (κ2) is 8.50. The molecular weight excluding hydrogens is 400 g/mol. The maximum Gasteiger partial charge on any atom is 0.345 e. The van der Waals surface area contributed by atoms with Crippen LogP contribution in [0.25, 0.3) is 0 Å². The van der Waals surface area contributed by atoms with Crippen molar-refractivity contribution in [2.75, 3.05) is 0 Å². The van der Waals surface area contributed by atoms with Gasteiger partial charge in [0.05, 0.1) is 0 Å². The molecule has 0 bridgehead atoms. The molecule has 0 aromatic heterocycles. The Kier molecular flexibility index (Phi) is 5.54. The molecule has 0 spiro atoms. The molecule has 2 aromatic rings. The molecule has 0 amide bonds. The number of aryl methyl sites for hydroxylation is 1. The van der Waals surface area contributed by atoms with E-state index in [9.17, 15) is 4.79 Å². The highest BCUT2D eigenvalue weighted by molar-refractivity contribution is 5.96. The highest BCUT2D eigenvalue weighted by atomic mass is 16.7. The molecule has 2 aromatic carbocycles. The Morgan fingerprint density at radius 3 is 2.72 bits per heavy atom. The van der Waals surface area contributed by atoms with Gasteiger partial charge in [0.1, 0.15) is 22.8 Å². The van der Waals surface area contributed by atoms with Crippen molar-refractivity contribution in [1.82, 2.24) is 0 Å². The van der Waals surface area contributed by atoms with Crippen molar-refractivity contribution < 1.29 is 19.0 Å². The summed E-state index contributed by atoms with van der Waals surface area (Å²) in [6.07, 6.45) is 7.58. The van der Waals surface area contributed by atoms with Gasteiger partial charge in [-0.05, 0) is 44.2 Å². The van der Waals surface area contributed by atoms with E-state index in [1.807, 2.05) is 36.4 Å². The summed E-state index contributed by atoms with van der Waals surface area (Å²) < 4.78 is 18.5. The summed E-state index contributed by atoms with van der Waals surface area (Å²) in [6.45, 7) is 8.58. The Bertz CT molecular complexity index is 1080. The zero-order valence-electron chi connectivity index (χ0n) is 18.9. The second-order valence-corrected chi connectivity index (χ2v) is 9.13. The first-order valence-electron chi connectivity index (χ1n) is 11.7. The highest BCUT2D eigenvalue weighted by Crippen LogP contribution is 2.54. The molecule has 0 saturated heterocycles. The van der Waals surface area contributed by atoms with Gasteiger partial charge in [-0.25, -0.2) is 4.79 Å². The van der Waals surface area contributed by atoms with E-state index >= 15 is 0 Å². The lowest BCUT2D eigenvalue weighted by molar-refractivity contribution is -0.0635. The van der Waals surface area contributed by atoms with Crippen LogP contribution in [0.5, 0.6) is 11.5 Å². The molecular formula is C28H30O4. The van der Waals surface area contributed by atoms with Gasteiger partial charge < -0.3 is 14.2 Å². The van der Waals surface area contributed by atoms with E-state index in [-0.39, 0.29) is 17.8 Å². The van der Waals surface area contributed by atoms with Crippen molar-refractivity contribution in [3.8, 4) is 11.5 Å². The average Bonchev–Trinajstić information content (AvgIpc) is 2.79. The summed E-state index contributed by atoms with van der Waals surface area (Å²) in [5.41, 5.74) is 4.65. The standard InChI is InChI=1S/C28H30O4/c1-4-5-7-12-20-16-23-25(22-15-17(2)13-14-21(22)18(3)30-23)26-24(20)27(29)32-28(31-26)19-10-8-6-9-11-19/h6,8-11,15-16,21-22,28H,3-5,7,12-14H2,1-2H3/t21-,22+,28?/m0/s1. The fraction of sp³-hybridized carbons (Fsp3) is 0.393. The lowest BCUT2D eigenvalue weighted by Gasteiger charge is -2.39. The van der Waals surface area contributed by atoms with Crippen molar-refractivity contribution in [2.24, 2.45) is 5.92 Å². The molecule has 0 radical (unpaired) electrons. The summed E-state index contributed by atoms with van der Waals surface area (Å²) in [6, 6.07) is 11.7. The minimum absolute atomic E-state index is 0.0979. The van der Waals surface area contributed by atoms with Gasteiger partial charge in [-0.2, -0.15) is 0 Å². The number of benzene rings is 2. The smallest absolute Gasteiger partial charge is 0.345 e. The Hall–Kier alpha value is -3.01. The van der Waals surface area contributed by atoms with Gasteiger partial charge in [-0.1, -0.05) is 68.3 Å². The fourth-order valence-electron chi connectivity index (χ4n) is 5.17. The lowest BCUT2D eigenvalue weighted by Crippen LogP contribution is -2.30. The van der Waals surface area contributed by atoms with E-state index in [0.29, 0.717) is 11.3 Å². The molecule has 2 aliphatic heterocycles. The molecule has 3 aliphatic rings. The first-order chi connectivity index (χ1) is 15.6. The highest BCUT2D eigenvalue weighted by Gasteiger charge is 2.42. The van der Waals surface area contributed by atoms with E-state index < -0.39 is 6.29 Å². The minimum Gasteiger partial charge on any atom is -0.462 e. The SMILES string of the molecule is C=C1Oc2cc(CCCCC)c3c(c2[C@@H]2C=C(C)CC[C@@H]12)OC(c1ccccc1)OC3=O. The Labute approximate surface area is 189 Å². The van der Waals surface area contributed by atoms with Crippen LogP contribution in [0.15, 0.2) is 60.4 Å². The van der Waals surface area contributed by atoms with E-state index in [1.54, 1.807) is 0 Å². The third kappa shape index (κ3) is 3.62. The Balaban J connectivity index is 1.66. The van der Waals surface area contributed by atoms with Crippen LogP contribution in [0.4, 0.5) is 0 Å². The number of esters is 1. The van der Waals surface area contributed by atoms with E-state index in [1.165, 1.54) is 5.57 Å². The van der Waals surface area contributed by atoms with Crippen LogP contribution in [-0.2, 0) is 11.2 Å². The zero-order chi connectivity index (χ0) is 22.2. The van der Waals surface area contributed by atoms with Crippen molar-refractivity contribution in [1.29, 1.82) is 0 Å². The maximum atomic E-state index is 13.3. The van der Waals surface area contributed by atoms with Crippen LogP contribution in [0, 0.1) is 5.92 Å². The van der Waals surface area contributed by atoms with Crippen LogP contribution in [0.2, 0.25) is 0 Å². The molecule has 0 fully saturated rings. The van der Waals surface area contributed by atoms with Crippen LogP contribution in [-0.4, -0.2) is 5.97 Å². The normalized spacial score (nSPS) is 23.7. The molecule has 0 saturated carbocycles. The summed E-state index contributed by atoms with van der Waals surface area (Å²) in [7, 11) is 0.